The fourth-order valence-electron chi connectivity index (χ4n) is 3.45. The van der Waals surface area contributed by atoms with Gasteiger partial charge in [0.1, 0.15) is 17.1 Å². The van der Waals surface area contributed by atoms with E-state index in [2.05, 4.69) is 65.4 Å². The van der Waals surface area contributed by atoms with Crippen LogP contribution in [0.25, 0.3) is 33.6 Å². The van der Waals surface area contributed by atoms with Crippen LogP contribution in [0.15, 0.2) is 106 Å². The average Bonchev–Trinajstić information content (AvgIpc) is 3.16. The predicted octanol–water partition coefficient (Wildman–Crippen LogP) is 7.02. The van der Waals surface area contributed by atoms with Gasteiger partial charge in [0, 0.05) is 16.0 Å². The molecule has 0 unspecified atom stereocenters. The number of hydrogen-bond acceptors (Lipinski definition) is 4. The fourth-order valence-corrected chi connectivity index (χ4v) is 4.45. The van der Waals surface area contributed by atoms with Gasteiger partial charge in [-0.3, -0.25) is 0 Å². The number of nitrogens with zero attached hydrogens (tertiary/aromatic N) is 2. The number of hydrogen-bond donors (Lipinski definition) is 0. The third-order valence-corrected chi connectivity index (χ3v) is 5.75. The van der Waals surface area contributed by atoms with Crippen molar-refractivity contribution in [3.8, 4) is 22.5 Å². The minimum absolute atomic E-state index is 0.604. The molecule has 4 heteroatoms. The number of rotatable bonds is 4. The summed E-state index contributed by atoms with van der Waals surface area (Å²) < 4.78 is 6.28. The molecule has 5 rings (SSSR count). The summed E-state index contributed by atoms with van der Waals surface area (Å²) in [6.07, 6.45) is 1.58. The predicted molar refractivity (Wildman–Crippen MR) is 118 cm³/mol. The molecule has 140 valence electrons. The van der Waals surface area contributed by atoms with Crippen molar-refractivity contribution in [2.24, 2.45) is 0 Å². The Balaban J connectivity index is 1.77. The standard InChI is InChI=1S/C25H18N2OS/c1-17-9-8-14-20(15-17)29-25-22-21(18-10-4-2-5-11-18)23(19-12-6-3-7-13-19)28-24(22)26-16-27-25/h2-16H,1H3. The SMILES string of the molecule is Cc1cccc(Sc2ncnc3oc(-c4ccccc4)c(-c4ccccc4)c23)c1. The highest BCUT2D eigenvalue weighted by Gasteiger charge is 2.22. The van der Waals surface area contributed by atoms with Crippen LogP contribution in [0, 0.1) is 6.92 Å². The maximum absolute atomic E-state index is 6.28. The molecule has 0 bridgehead atoms. The van der Waals surface area contributed by atoms with Gasteiger partial charge in [-0.15, -0.1) is 0 Å². The molecule has 0 amide bonds. The molecule has 2 aromatic heterocycles. The Morgan fingerprint density at radius 3 is 2.21 bits per heavy atom. The lowest BCUT2D eigenvalue weighted by molar-refractivity contribution is 0.617. The van der Waals surface area contributed by atoms with Gasteiger partial charge < -0.3 is 4.42 Å². The van der Waals surface area contributed by atoms with Gasteiger partial charge >= 0.3 is 0 Å². The van der Waals surface area contributed by atoms with Crippen LogP contribution in [-0.2, 0) is 0 Å². The molecule has 2 heterocycles. The summed E-state index contributed by atoms with van der Waals surface area (Å²) in [5.74, 6) is 0.818. The lowest BCUT2D eigenvalue weighted by atomic mass is 10.00. The van der Waals surface area contributed by atoms with Gasteiger partial charge in [0.25, 0.3) is 0 Å². The second kappa shape index (κ2) is 7.57. The van der Waals surface area contributed by atoms with Crippen LogP contribution in [0.5, 0.6) is 0 Å². The average molecular weight is 394 g/mol. The first-order valence-electron chi connectivity index (χ1n) is 9.42. The van der Waals surface area contributed by atoms with Crippen molar-refractivity contribution in [1.29, 1.82) is 0 Å². The zero-order chi connectivity index (χ0) is 19.6. The summed E-state index contributed by atoms with van der Waals surface area (Å²) in [5.41, 5.74) is 4.97. The Bertz CT molecular complexity index is 1280. The molecular weight excluding hydrogens is 376 g/mol. The van der Waals surface area contributed by atoms with E-state index in [0.717, 1.165) is 37.8 Å². The maximum Gasteiger partial charge on any atom is 0.231 e. The lowest BCUT2D eigenvalue weighted by Gasteiger charge is -2.06. The van der Waals surface area contributed by atoms with Crippen LogP contribution in [0.1, 0.15) is 5.56 Å². The first-order valence-corrected chi connectivity index (χ1v) is 10.2. The zero-order valence-electron chi connectivity index (χ0n) is 15.9. The van der Waals surface area contributed by atoms with E-state index in [1.54, 1.807) is 18.1 Å². The molecule has 0 saturated heterocycles. The summed E-state index contributed by atoms with van der Waals surface area (Å²) in [4.78, 5) is 10.2. The summed E-state index contributed by atoms with van der Waals surface area (Å²) in [6, 6.07) is 28.9. The maximum atomic E-state index is 6.28. The van der Waals surface area contributed by atoms with Gasteiger partial charge in [-0.05, 0) is 24.6 Å². The quantitative estimate of drug-likeness (QED) is 0.307. The van der Waals surface area contributed by atoms with Crippen molar-refractivity contribution in [3.63, 3.8) is 0 Å². The van der Waals surface area contributed by atoms with Crippen molar-refractivity contribution in [1.82, 2.24) is 9.97 Å². The molecule has 0 aliphatic carbocycles. The highest BCUT2D eigenvalue weighted by Crippen LogP contribution is 2.44. The molecule has 0 aliphatic rings. The Labute approximate surface area is 173 Å². The third kappa shape index (κ3) is 3.43. The van der Waals surface area contributed by atoms with Crippen molar-refractivity contribution < 1.29 is 4.42 Å². The first-order chi connectivity index (χ1) is 14.3. The van der Waals surface area contributed by atoms with Crippen molar-refractivity contribution in [2.45, 2.75) is 16.8 Å². The second-order valence-electron chi connectivity index (χ2n) is 6.82. The molecule has 0 atom stereocenters. The van der Waals surface area contributed by atoms with E-state index < -0.39 is 0 Å². The molecule has 0 aliphatic heterocycles. The van der Waals surface area contributed by atoms with Gasteiger partial charge in [0.15, 0.2) is 0 Å². The van der Waals surface area contributed by atoms with Crippen LogP contribution < -0.4 is 0 Å². The highest BCUT2D eigenvalue weighted by atomic mass is 32.2. The summed E-state index contributed by atoms with van der Waals surface area (Å²) in [6.45, 7) is 2.10. The second-order valence-corrected chi connectivity index (χ2v) is 7.88. The summed E-state index contributed by atoms with van der Waals surface area (Å²) >= 11 is 1.64. The Kier molecular flexibility index (Phi) is 4.62. The summed E-state index contributed by atoms with van der Waals surface area (Å²) in [5, 5.41) is 1.84. The van der Waals surface area contributed by atoms with Crippen molar-refractivity contribution in [2.75, 3.05) is 0 Å². The number of aryl methyl sites for hydroxylation is 1. The van der Waals surface area contributed by atoms with Crippen LogP contribution >= 0.6 is 11.8 Å². The minimum atomic E-state index is 0.604. The Hall–Kier alpha value is -3.37. The lowest BCUT2D eigenvalue weighted by Crippen LogP contribution is -1.87. The van der Waals surface area contributed by atoms with E-state index in [1.165, 1.54) is 5.56 Å². The molecule has 29 heavy (non-hydrogen) atoms. The highest BCUT2D eigenvalue weighted by molar-refractivity contribution is 7.99. The molecule has 3 nitrogen and oxygen atoms in total. The fraction of sp³-hybridized carbons (Fsp3) is 0.0400. The molecule has 5 aromatic rings. The molecular formula is C25H18N2OS. The van der Waals surface area contributed by atoms with Crippen LogP contribution in [0.2, 0.25) is 0 Å². The monoisotopic (exact) mass is 394 g/mol. The van der Waals surface area contributed by atoms with E-state index in [9.17, 15) is 0 Å². The number of benzene rings is 3. The number of furan rings is 1. The Morgan fingerprint density at radius 2 is 1.48 bits per heavy atom. The van der Waals surface area contributed by atoms with Gasteiger partial charge in [-0.2, -0.15) is 0 Å². The normalized spacial score (nSPS) is 11.1. The molecule has 3 aromatic carbocycles. The van der Waals surface area contributed by atoms with Crippen LogP contribution in [0.4, 0.5) is 0 Å². The summed E-state index contributed by atoms with van der Waals surface area (Å²) in [7, 11) is 0. The topological polar surface area (TPSA) is 38.9 Å². The molecule has 0 fully saturated rings. The molecule has 0 N–H and O–H groups in total. The van der Waals surface area contributed by atoms with E-state index in [0.29, 0.717) is 5.71 Å². The van der Waals surface area contributed by atoms with E-state index >= 15 is 0 Å². The minimum Gasteiger partial charge on any atom is -0.437 e. The van der Waals surface area contributed by atoms with E-state index in [4.69, 9.17) is 4.42 Å². The smallest absolute Gasteiger partial charge is 0.231 e. The molecule has 0 saturated carbocycles. The zero-order valence-corrected chi connectivity index (χ0v) is 16.7. The van der Waals surface area contributed by atoms with Gasteiger partial charge in [-0.1, -0.05) is 90.1 Å². The van der Waals surface area contributed by atoms with Crippen LogP contribution in [-0.4, -0.2) is 9.97 Å². The van der Waals surface area contributed by atoms with Gasteiger partial charge in [0.05, 0.1) is 5.39 Å². The molecule has 0 spiro atoms. The number of fused-ring (bicyclic) bond motifs is 1. The van der Waals surface area contributed by atoms with E-state index in [1.807, 2.05) is 36.4 Å². The molecule has 0 radical (unpaired) electrons. The third-order valence-electron chi connectivity index (χ3n) is 4.76. The largest absolute Gasteiger partial charge is 0.437 e. The van der Waals surface area contributed by atoms with E-state index in [-0.39, 0.29) is 0 Å². The van der Waals surface area contributed by atoms with Gasteiger partial charge in [-0.25, -0.2) is 9.97 Å². The Morgan fingerprint density at radius 1 is 0.759 bits per heavy atom. The van der Waals surface area contributed by atoms with Gasteiger partial charge in [0.2, 0.25) is 5.71 Å². The number of aromatic nitrogens is 2. The van der Waals surface area contributed by atoms with Crippen molar-refractivity contribution >= 4 is 22.9 Å². The first kappa shape index (κ1) is 17.7. The van der Waals surface area contributed by atoms with Crippen molar-refractivity contribution in [3.05, 3.63) is 96.8 Å². The van der Waals surface area contributed by atoms with Crippen LogP contribution in [0.3, 0.4) is 0 Å².